The van der Waals surface area contributed by atoms with E-state index >= 15 is 0 Å². The van der Waals surface area contributed by atoms with Crippen LogP contribution >= 0.6 is 11.6 Å². The van der Waals surface area contributed by atoms with Crippen LogP contribution in [-0.4, -0.2) is 44.0 Å². The first-order valence-electron chi connectivity index (χ1n) is 6.45. The van der Waals surface area contributed by atoms with E-state index in [0.717, 1.165) is 18.8 Å². The van der Waals surface area contributed by atoms with Gasteiger partial charge >= 0.3 is 0 Å². The molecule has 19 heavy (non-hydrogen) atoms. The topological polar surface area (TPSA) is 56.4 Å². The standard InChI is InChI=1S/C14H21ClN4/c1-9-7-19(8-13(9)18(2)3)10-4-5-11(14(16)17)12(15)6-10/h4-6,9,13H,7-8H2,1-3H3,(H3,16,17). The van der Waals surface area contributed by atoms with E-state index in [-0.39, 0.29) is 5.84 Å². The number of anilines is 1. The van der Waals surface area contributed by atoms with E-state index in [0.29, 0.717) is 22.5 Å². The van der Waals surface area contributed by atoms with Crippen molar-refractivity contribution in [1.29, 1.82) is 5.41 Å². The zero-order valence-electron chi connectivity index (χ0n) is 11.7. The second-order valence-electron chi connectivity index (χ2n) is 5.49. The fraction of sp³-hybridized carbons (Fsp3) is 0.500. The number of hydrogen-bond donors (Lipinski definition) is 2. The molecule has 1 saturated heterocycles. The van der Waals surface area contributed by atoms with Gasteiger partial charge in [0.25, 0.3) is 0 Å². The van der Waals surface area contributed by atoms with Crippen LogP contribution in [0.5, 0.6) is 0 Å². The first kappa shape index (κ1) is 14.2. The SMILES string of the molecule is CC1CN(c2ccc(C(=N)N)c(Cl)c2)CC1N(C)C. The number of amidine groups is 1. The molecule has 1 fully saturated rings. The van der Waals surface area contributed by atoms with Gasteiger partial charge in [0.2, 0.25) is 0 Å². The van der Waals surface area contributed by atoms with Crippen molar-refractivity contribution in [3.63, 3.8) is 0 Å². The van der Waals surface area contributed by atoms with Gasteiger partial charge in [0.05, 0.1) is 5.02 Å². The zero-order chi connectivity index (χ0) is 14.2. The molecule has 0 aromatic heterocycles. The lowest BCUT2D eigenvalue weighted by Gasteiger charge is -2.23. The van der Waals surface area contributed by atoms with Gasteiger partial charge in [0.15, 0.2) is 0 Å². The smallest absolute Gasteiger partial charge is 0.124 e. The Labute approximate surface area is 119 Å². The Bertz CT molecular complexity index is 486. The highest BCUT2D eigenvalue weighted by atomic mass is 35.5. The number of rotatable bonds is 3. The van der Waals surface area contributed by atoms with E-state index < -0.39 is 0 Å². The van der Waals surface area contributed by atoms with Crippen molar-refractivity contribution in [2.24, 2.45) is 11.7 Å². The number of nitrogens with one attached hydrogen (secondary N) is 1. The number of hydrogen-bond acceptors (Lipinski definition) is 3. The summed E-state index contributed by atoms with van der Waals surface area (Å²) in [6.45, 7) is 4.30. The monoisotopic (exact) mass is 280 g/mol. The van der Waals surface area contributed by atoms with E-state index in [1.807, 2.05) is 18.2 Å². The summed E-state index contributed by atoms with van der Waals surface area (Å²) in [5.74, 6) is 0.638. The average Bonchev–Trinajstić information content (AvgIpc) is 2.70. The molecule has 0 saturated carbocycles. The Kier molecular flexibility index (Phi) is 4.02. The van der Waals surface area contributed by atoms with Crippen LogP contribution < -0.4 is 10.6 Å². The summed E-state index contributed by atoms with van der Waals surface area (Å²) in [5.41, 5.74) is 7.18. The van der Waals surface area contributed by atoms with Crippen LogP contribution in [0.1, 0.15) is 12.5 Å². The number of nitrogens with two attached hydrogens (primary N) is 1. The fourth-order valence-corrected chi connectivity index (χ4v) is 3.03. The van der Waals surface area contributed by atoms with Gasteiger partial charge in [-0.05, 0) is 38.2 Å². The lowest BCUT2D eigenvalue weighted by molar-refractivity contribution is 0.266. The van der Waals surface area contributed by atoms with Crippen LogP contribution in [0.25, 0.3) is 0 Å². The zero-order valence-corrected chi connectivity index (χ0v) is 12.4. The molecular weight excluding hydrogens is 260 g/mol. The first-order chi connectivity index (χ1) is 8.90. The third-order valence-corrected chi connectivity index (χ3v) is 4.16. The summed E-state index contributed by atoms with van der Waals surface area (Å²) in [6.07, 6.45) is 0. The Morgan fingerprint density at radius 3 is 2.58 bits per heavy atom. The normalized spacial score (nSPS) is 23.1. The van der Waals surface area contributed by atoms with Crippen molar-refractivity contribution in [2.45, 2.75) is 13.0 Å². The molecule has 0 bridgehead atoms. The van der Waals surface area contributed by atoms with Gasteiger partial charge in [-0.15, -0.1) is 0 Å². The molecule has 4 nitrogen and oxygen atoms in total. The molecule has 1 aliphatic rings. The highest BCUT2D eigenvalue weighted by Crippen LogP contribution is 2.29. The Morgan fingerprint density at radius 1 is 1.42 bits per heavy atom. The van der Waals surface area contributed by atoms with Gasteiger partial charge in [0.1, 0.15) is 5.84 Å². The molecule has 2 unspecified atom stereocenters. The maximum absolute atomic E-state index is 7.45. The molecule has 0 aliphatic carbocycles. The molecule has 1 aromatic rings. The summed E-state index contributed by atoms with van der Waals surface area (Å²) in [4.78, 5) is 4.61. The summed E-state index contributed by atoms with van der Waals surface area (Å²) in [7, 11) is 4.24. The molecule has 1 aromatic carbocycles. The summed E-state index contributed by atoms with van der Waals surface area (Å²) in [5, 5.41) is 8.00. The van der Waals surface area contributed by atoms with E-state index in [2.05, 4.69) is 30.8 Å². The predicted octanol–water partition coefficient (Wildman–Crippen LogP) is 2.01. The van der Waals surface area contributed by atoms with Gasteiger partial charge in [0, 0.05) is 30.4 Å². The number of benzene rings is 1. The second-order valence-corrected chi connectivity index (χ2v) is 5.90. The minimum Gasteiger partial charge on any atom is -0.384 e. The Morgan fingerprint density at radius 2 is 2.11 bits per heavy atom. The maximum atomic E-state index is 7.45. The van der Waals surface area contributed by atoms with Gasteiger partial charge in [-0.2, -0.15) is 0 Å². The fourth-order valence-electron chi connectivity index (χ4n) is 2.75. The summed E-state index contributed by atoms with van der Waals surface area (Å²) < 4.78 is 0. The van der Waals surface area contributed by atoms with Gasteiger partial charge in [-0.3, -0.25) is 5.41 Å². The molecule has 2 rings (SSSR count). The van der Waals surface area contributed by atoms with E-state index in [9.17, 15) is 0 Å². The molecule has 5 heteroatoms. The quantitative estimate of drug-likeness (QED) is 0.658. The van der Waals surface area contributed by atoms with E-state index in [4.69, 9.17) is 22.7 Å². The molecule has 0 amide bonds. The first-order valence-corrected chi connectivity index (χ1v) is 6.83. The molecule has 0 spiro atoms. The van der Waals surface area contributed by atoms with Crippen LogP contribution in [-0.2, 0) is 0 Å². The van der Waals surface area contributed by atoms with E-state index in [1.165, 1.54) is 0 Å². The van der Waals surface area contributed by atoms with Crippen molar-refractivity contribution >= 4 is 23.1 Å². The lowest BCUT2D eigenvalue weighted by Crippen LogP contribution is -2.34. The van der Waals surface area contributed by atoms with E-state index in [1.54, 1.807) is 0 Å². The number of likely N-dealkylation sites (N-methyl/N-ethyl adjacent to an activating group) is 1. The third-order valence-electron chi connectivity index (χ3n) is 3.84. The summed E-state index contributed by atoms with van der Waals surface area (Å²) in [6, 6.07) is 6.29. The highest BCUT2D eigenvalue weighted by molar-refractivity contribution is 6.34. The second kappa shape index (κ2) is 5.39. The maximum Gasteiger partial charge on any atom is 0.124 e. The van der Waals surface area contributed by atoms with Crippen LogP contribution in [0.15, 0.2) is 18.2 Å². The largest absolute Gasteiger partial charge is 0.384 e. The van der Waals surface area contributed by atoms with Crippen LogP contribution in [0, 0.1) is 11.3 Å². The van der Waals surface area contributed by atoms with Crippen molar-refractivity contribution < 1.29 is 0 Å². The van der Waals surface area contributed by atoms with Crippen LogP contribution in [0.2, 0.25) is 5.02 Å². The molecular formula is C14H21ClN4. The predicted molar refractivity (Wildman–Crippen MR) is 81.3 cm³/mol. The van der Waals surface area contributed by atoms with Gasteiger partial charge in [-0.25, -0.2) is 0 Å². The average molecular weight is 281 g/mol. The molecule has 2 atom stereocenters. The number of nitrogen functional groups attached to an aromatic ring is 1. The van der Waals surface area contributed by atoms with Crippen molar-refractivity contribution in [1.82, 2.24) is 4.90 Å². The highest BCUT2D eigenvalue weighted by Gasteiger charge is 2.31. The lowest BCUT2D eigenvalue weighted by atomic mass is 10.1. The van der Waals surface area contributed by atoms with Crippen molar-refractivity contribution in [3.05, 3.63) is 28.8 Å². The minimum atomic E-state index is 0.0116. The number of halogens is 1. The Balaban J connectivity index is 2.20. The Hall–Kier alpha value is -1.26. The molecule has 104 valence electrons. The molecule has 3 N–H and O–H groups in total. The third kappa shape index (κ3) is 2.85. The van der Waals surface area contributed by atoms with Crippen LogP contribution in [0.3, 0.4) is 0 Å². The molecule has 1 heterocycles. The van der Waals surface area contributed by atoms with Gasteiger partial charge < -0.3 is 15.5 Å². The van der Waals surface area contributed by atoms with Crippen molar-refractivity contribution in [3.8, 4) is 0 Å². The van der Waals surface area contributed by atoms with Crippen LogP contribution in [0.4, 0.5) is 5.69 Å². The van der Waals surface area contributed by atoms with Crippen molar-refractivity contribution in [2.75, 3.05) is 32.1 Å². The minimum absolute atomic E-state index is 0.0116. The number of nitrogens with zero attached hydrogens (tertiary/aromatic N) is 2. The van der Waals surface area contributed by atoms with Gasteiger partial charge in [-0.1, -0.05) is 18.5 Å². The summed E-state index contributed by atoms with van der Waals surface area (Å²) >= 11 is 6.18. The molecule has 1 aliphatic heterocycles. The molecule has 0 radical (unpaired) electrons.